The van der Waals surface area contributed by atoms with E-state index in [2.05, 4.69) is 63.9 Å². The number of halogens is 2. The highest BCUT2D eigenvalue weighted by Crippen LogP contribution is 2.21. The van der Waals surface area contributed by atoms with Crippen molar-refractivity contribution < 1.29 is 0 Å². The smallest absolute Gasteiger partial charge is 0.186 e. The summed E-state index contributed by atoms with van der Waals surface area (Å²) in [6, 6.07) is 12.3. The Morgan fingerprint density at radius 2 is 1.36 bits per heavy atom. The van der Waals surface area contributed by atoms with Crippen molar-refractivity contribution >= 4 is 43.7 Å². The average molecular weight is 615 g/mol. The minimum absolute atomic E-state index is 0.105. The first-order valence-corrected chi connectivity index (χ1v) is 12.7. The van der Waals surface area contributed by atoms with Crippen molar-refractivity contribution in [3.63, 3.8) is 0 Å². The lowest BCUT2D eigenvalue weighted by atomic mass is 10.1. The van der Waals surface area contributed by atoms with Crippen molar-refractivity contribution in [1.29, 1.82) is 0 Å². The van der Waals surface area contributed by atoms with Crippen molar-refractivity contribution in [3.8, 4) is 0 Å². The van der Waals surface area contributed by atoms with Gasteiger partial charge in [0.15, 0.2) is 5.96 Å². The third kappa shape index (κ3) is 8.97. The molecule has 11 heteroatoms. The molecule has 9 nitrogen and oxygen atoms in total. The zero-order chi connectivity index (χ0) is 25.9. The number of benzene rings is 2. The van der Waals surface area contributed by atoms with Crippen LogP contribution in [0.4, 0.5) is 0 Å². The number of aromatic nitrogens is 4. The summed E-state index contributed by atoms with van der Waals surface area (Å²) in [5, 5.41) is 0. The van der Waals surface area contributed by atoms with E-state index in [0.717, 1.165) is 33.2 Å². The van der Waals surface area contributed by atoms with Gasteiger partial charge in [0.2, 0.25) is 0 Å². The maximum Gasteiger partial charge on any atom is 0.186 e. The molecule has 0 saturated heterocycles. The summed E-state index contributed by atoms with van der Waals surface area (Å²) in [6.45, 7) is 4.48. The van der Waals surface area contributed by atoms with Crippen LogP contribution in [0.25, 0.3) is 0 Å². The number of aliphatic imine (C=N–C) groups is 2. The molecule has 2 aromatic heterocycles. The van der Waals surface area contributed by atoms with Crippen LogP contribution >= 0.6 is 31.9 Å². The predicted molar refractivity (Wildman–Crippen MR) is 151 cm³/mol. The molecule has 0 spiro atoms. The molecule has 0 atom stereocenters. The molecule has 0 bridgehead atoms. The first-order valence-electron chi connectivity index (χ1n) is 11.1. The number of hydrogen-bond acceptors (Lipinski definition) is 4. The van der Waals surface area contributed by atoms with Gasteiger partial charge in [0, 0.05) is 46.8 Å². The summed E-state index contributed by atoms with van der Waals surface area (Å²) in [5.41, 5.74) is 20.8. The first-order chi connectivity index (χ1) is 17.3. The molecular weight excluding hydrogens is 586 g/mol. The minimum atomic E-state index is 0.105. The van der Waals surface area contributed by atoms with Crippen LogP contribution in [0.2, 0.25) is 0 Å². The molecular formula is C25H29Br2N9. The Labute approximate surface area is 227 Å². The third-order valence-corrected chi connectivity index (χ3v) is 6.52. The quantitative estimate of drug-likeness (QED) is 0.203. The van der Waals surface area contributed by atoms with Crippen LogP contribution in [0.1, 0.15) is 29.2 Å². The van der Waals surface area contributed by atoms with Gasteiger partial charge in [-0.1, -0.05) is 56.1 Å². The zero-order valence-electron chi connectivity index (χ0n) is 19.9. The van der Waals surface area contributed by atoms with E-state index >= 15 is 0 Å². The molecule has 0 unspecified atom stereocenters. The van der Waals surface area contributed by atoms with Crippen LogP contribution in [-0.2, 0) is 26.2 Å². The highest BCUT2D eigenvalue weighted by Gasteiger charge is 2.04. The van der Waals surface area contributed by atoms with Gasteiger partial charge < -0.3 is 26.3 Å². The number of guanidine groups is 1. The van der Waals surface area contributed by atoms with Crippen LogP contribution in [0, 0.1) is 0 Å². The Hall–Kier alpha value is -3.44. The van der Waals surface area contributed by atoms with E-state index in [1.807, 2.05) is 45.8 Å². The van der Waals surface area contributed by atoms with Crippen molar-refractivity contribution in [2.24, 2.45) is 27.2 Å². The number of hydrogen-bond donors (Lipinski definition) is 3. The Morgan fingerprint density at radius 3 is 1.92 bits per heavy atom. The van der Waals surface area contributed by atoms with Gasteiger partial charge in [-0.25, -0.2) is 15.0 Å². The topological polar surface area (TPSA) is 138 Å². The van der Waals surface area contributed by atoms with E-state index in [1.54, 1.807) is 32.0 Å². The fourth-order valence-corrected chi connectivity index (χ4v) is 4.14. The summed E-state index contributed by atoms with van der Waals surface area (Å²) in [7, 11) is 0. The van der Waals surface area contributed by atoms with E-state index in [9.17, 15) is 0 Å². The van der Waals surface area contributed by atoms with Crippen LogP contribution < -0.4 is 17.2 Å². The number of nitrogens with two attached hydrogens (primary N) is 3. The van der Waals surface area contributed by atoms with E-state index in [1.165, 1.54) is 11.1 Å². The second-order valence-electron chi connectivity index (χ2n) is 8.02. The van der Waals surface area contributed by atoms with Crippen molar-refractivity contribution in [1.82, 2.24) is 19.1 Å². The monoisotopic (exact) mass is 613 g/mol. The Kier molecular flexibility index (Phi) is 10.3. The molecule has 6 N–H and O–H groups in total. The number of nitrogens with zero attached hydrogens (tertiary/aromatic N) is 6. The number of rotatable bonds is 8. The molecule has 2 aromatic carbocycles. The van der Waals surface area contributed by atoms with Gasteiger partial charge in [0.1, 0.15) is 0 Å². The van der Waals surface area contributed by atoms with E-state index < -0.39 is 0 Å². The van der Waals surface area contributed by atoms with E-state index in [-0.39, 0.29) is 5.96 Å². The Bertz CT molecular complexity index is 1290. The Morgan fingerprint density at radius 1 is 0.778 bits per heavy atom. The summed E-state index contributed by atoms with van der Waals surface area (Å²) < 4.78 is 6.17. The van der Waals surface area contributed by atoms with Gasteiger partial charge in [0.25, 0.3) is 0 Å². The van der Waals surface area contributed by atoms with Gasteiger partial charge in [0.05, 0.1) is 31.6 Å². The minimum Gasteiger partial charge on any atom is -0.388 e. The number of amidine groups is 1. The van der Waals surface area contributed by atoms with Gasteiger partial charge in [-0.15, -0.1) is 0 Å². The van der Waals surface area contributed by atoms with Gasteiger partial charge in [-0.2, -0.15) is 0 Å². The molecule has 0 radical (unpaired) electrons. The molecule has 4 aromatic rings. The maximum atomic E-state index is 5.55. The zero-order valence-corrected chi connectivity index (χ0v) is 23.1. The highest BCUT2D eigenvalue weighted by atomic mass is 79.9. The highest BCUT2D eigenvalue weighted by molar-refractivity contribution is 9.10. The van der Waals surface area contributed by atoms with Gasteiger partial charge in [-0.3, -0.25) is 4.99 Å². The first kappa shape index (κ1) is 27.2. The van der Waals surface area contributed by atoms with Gasteiger partial charge >= 0.3 is 0 Å². The van der Waals surface area contributed by atoms with Crippen LogP contribution in [0.5, 0.6) is 0 Å². The fourth-order valence-electron chi connectivity index (χ4n) is 3.22. The van der Waals surface area contributed by atoms with Crippen LogP contribution in [0.15, 0.2) is 92.8 Å². The van der Waals surface area contributed by atoms with E-state index in [0.29, 0.717) is 18.9 Å². The molecule has 0 fully saturated rings. The second-order valence-corrected chi connectivity index (χ2v) is 9.73. The largest absolute Gasteiger partial charge is 0.388 e. The maximum absolute atomic E-state index is 5.55. The molecule has 0 aliphatic heterocycles. The average Bonchev–Trinajstić information content (AvgIpc) is 3.55. The van der Waals surface area contributed by atoms with Gasteiger partial charge in [-0.05, 0) is 41.3 Å². The molecule has 36 heavy (non-hydrogen) atoms. The summed E-state index contributed by atoms with van der Waals surface area (Å²) in [4.78, 5) is 16.3. The summed E-state index contributed by atoms with van der Waals surface area (Å²) in [6.07, 6.45) is 11.0. The lowest BCUT2D eigenvalue weighted by Gasteiger charge is -2.07. The number of imidazole rings is 2. The third-order valence-electron chi connectivity index (χ3n) is 5.01. The molecule has 0 amide bonds. The normalized spacial score (nSPS) is 11.0. The van der Waals surface area contributed by atoms with Crippen molar-refractivity contribution in [2.75, 3.05) is 0 Å². The van der Waals surface area contributed by atoms with Crippen LogP contribution in [0.3, 0.4) is 0 Å². The lowest BCUT2D eigenvalue weighted by Crippen LogP contribution is -2.22. The van der Waals surface area contributed by atoms with Crippen molar-refractivity contribution in [2.45, 2.75) is 33.1 Å². The molecule has 0 saturated carbocycles. The summed E-state index contributed by atoms with van der Waals surface area (Å²) in [5.74, 6) is 0.711. The molecule has 0 aliphatic carbocycles. The van der Waals surface area contributed by atoms with Crippen LogP contribution in [-0.4, -0.2) is 30.9 Å². The molecule has 0 aliphatic rings. The standard InChI is InChI=1S/C13H15BrN4.C12H14BrN5/c1-10(15)17-7-11-2-3-13(14)12(6-11)8-18-5-4-16-9-18;13-11-5-9(6-17-12(14)15)1-2-10(11)7-18-4-3-16-8-18/h2-6,9H,7-8H2,1H3,(H2,15,17);1-5,8H,6-7H2,(H4,14,15,17). The second kappa shape index (κ2) is 13.6. The van der Waals surface area contributed by atoms with Crippen molar-refractivity contribution in [3.05, 3.63) is 105 Å². The SMILES string of the molecule is CC(N)=NCc1ccc(Br)c(Cn2ccnc2)c1.NC(N)=NCc1ccc(Cn2ccnc2)c(Br)c1. The fraction of sp³-hybridized carbons (Fsp3) is 0.200. The molecule has 188 valence electrons. The Balaban J connectivity index is 0.000000201. The predicted octanol–water partition coefficient (Wildman–Crippen LogP) is 4.04. The summed E-state index contributed by atoms with van der Waals surface area (Å²) >= 11 is 7.12. The van der Waals surface area contributed by atoms with E-state index in [4.69, 9.17) is 17.2 Å². The molecule has 4 rings (SSSR count). The molecule has 2 heterocycles. The lowest BCUT2D eigenvalue weighted by molar-refractivity contribution is 0.792.